The molecule has 0 saturated carbocycles. The minimum atomic E-state index is -0.168. The van der Waals surface area contributed by atoms with Crippen molar-refractivity contribution in [3.8, 4) is 10.7 Å². The summed E-state index contributed by atoms with van der Waals surface area (Å²) in [6.07, 6.45) is 1.81. The smallest absolute Gasteiger partial charge is 0.252 e. The number of carbonyl (C=O) groups is 1. The van der Waals surface area contributed by atoms with Gasteiger partial charge in [-0.05, 0) is 23.6 Å². The van der Waals surface area contributed by atoms with Gasteiger partial charge < -0.3 is 9.84 Å². The van der Waals surface area contributed by atoms with Gasteiger partial charge in [0, 0.05) is 10.6 Å². The molecule has 0 aliphatic heterocycles. The third-order valence-corrected chi connectivity index (χ3v) is 5.03. The number of nitrogens with zero attached hydrogens (tertiary/aromatic N) is 2. The van der Waals surface area contributed by atoms with Crippen LogP contribution >= 0.6 is 23.1 Å². The molecule has 0 saturated heterocycles. The van der Waals surface area contributed by atoms with Crippen molar-refractivity contribution in [2.75, 3.05) is 5.75 Å². The zero-order chi connectivity index (χ0) is 16.8. The maximum atomic E-state index is 12.4. The highest BCUT2D eigenvalue weighted by Gasteiger charge is 2.13. The van der Waals surface area contributed by atoms with E-state index >= 15 is 0 Å². The lowest BCUT2D eigenvalue weighted by Crippen LogP contribution is -2.23. The van der Waals surface area contributed by atoms with Gasteiger partial charge in [-0.3, -0.25) is 4.79 Å². The lowest BCUT2D eigenvalue weighted by Gasteiger charge is -2.07. The Morgan fingerprint density at radius 1 is 1.33 bits per heavy atom. The summed E-state index contributed by atoms with van der Waals surface area (Å²) in [5.41, 5.74) is 0.627. The van der Waals surface area contributed by atoms with Gasteiger partial charge in [0.2, 0.25) is 11.7 Å². The van der Waals surface area contributed by atoms with Crippen LogP contribution in [0.1, 0.15) is 16.2 Å². The van der Waals surface area contributed by atoms with Crippen molar-refractivity contribution < 1.29 is 9.32 Å². The monoisotopic (exact) mass is 357 g/mol. The van der Waals surface area contributed by atoms with E-state index in [1.54, 1.807) is 17.8 Å². The van der Waals surface area contributed by atoms with Gasteiger partial charge in [0.1, 0.15) is 0 Å². The van der Waals surface area contributed by atoms with Crippen molar-refractivity contribution in [1.82, 2.24) is 15.5 Å². The normalized spacial score (nSPS) is 10.5. The van der Waals surface area contributed by atoms with Crippen molar-refractivity contribution in [2.45, 2.75) is 11.4 Å². The number of thiophene rings is 1. The van der Waals surface area contributed by atoms with Crippen molar-refractivity contribution in [2.24, 2.45) is 0 Å². The molecule has 1 amide bonds. The van der Waals surface area contributed by atoms with Crippen molar-refractivity contribution in [3.63, 3.8) is 0 Å². The van der Waals surface area contributed by atoms with Gasteiger partial charge in [-0.1, -0.05) is 29.4 Å². The zero-order valence-corrected chi connectivity index (χ0v) is 14.4. The topological polar surface area (TPSA) is 68.0 Å². The summed E-state index contributed by atoms with van der Waals surface area (Å²) >= 11 is 3.11. The third kappa shape index (κ3) is 3.93. The van der Waals surface area contributed by atoms with E-state index in [0.717, 1.165) is 15.5 Å². The molecule has 0 fully saturated rings. The average molecular weight is 357 g/mol. The Bertz CT molecular complexity index is 828. The molecule has 0 radical (unpaired) electrons. The summed E-state index contributed by atoms with van der Waals surface area (Å²) in [4.78, 5) is 18.5. The largest absolute Gasteiger partial charge is 0.343 e. The number of nitrogens with one attached hydrogen (secondary N) is 1. The van der Waals surface area contributed by atoms with Gasteiger partial charge in [0.25, 0.3) is 5.91 Å². The number of carbonyl (C=O) groups excluding carboxylic acids is 1. The second kappa shape index (κ2) is 7.94. The summed E-state index contributed by atoms with van der Waals surface area (Å²) in [6.45, 7) is 3.89. The lowest BCUT2D eigenvalue weighted by molar-refractivity contribution is 0.0943. The fourth-order valence-corrected chi connectivity index (χ4v) is 3.45. The molecule has 0 aliphatic rings. The molecule has 3 aromatic rings. The zero-order valence-electron chi connectivity index (χ0n) is 12.8. The molecular weight excluding hydrogens is 342 g/mol. The third-order valence-electron chi connectivity index (χ3n) is 3.10. The summed E-state index contributed by atoms with van der Waals surface area (Å²) < 4.78 is 5.18. The van der Waals surface area contributed by atoms with Gasteiger partial charge in [-0.2, -0.15) is 4.98 Å². The first kappa shape index (κ1) is 16.5. The highest BCUT2D eigenvalue weighted by molar-refractivity contribution is 7.99. The van der Waals surface area contributed by atoms with Crippen LogP contribution in [-0.2, 0) is 6.54 Å². The first-order valence-electron chi connectivity index (χ1n) is 7.25. The molecule has 0 bridgehead atoms. The van der Waals surface area contributed by atoms with E-state index in [0.29, 0.717) is 17.3 Å². The van der Waals surface area contributed by atoms with Gasteiger partial charge in [0.05, 0.1) is 17.0 Å². The first-order valence-corrected chi connectivity index (χ1v) is 9.12. The van der Waals surface area contributed by atoms with Gasteiger partial charge in [-0.25, -0.2) is 0 Å². The van der Waals surface area contributed by atoms with Crippen LogP contribution in [0.4, 0.5) is 0 Å². The Balaban J connectivity index is 1.65. The number of hydrogen-bond acceptors (Lipinski definition) is 6. The number of rotatable bonds is 7. The van der Waals surface area contributed by atoms with E-state index in [1.807, 2.05) is 41.8 Å². The Morgan fingerprint density at radius 2 is 2.21 bits per heavy atom. The molecule has 2 aromatic heterocycles. The average Bonchev–Trinajstić information content (AvgIpc) is 3.29. The summed E-state index contributed by atoms with van der Waals surface area (Å²) in [7, 11) is 0. The van der Waals surface area contributed by atoms with Crippen molar-refractivity contribution in [3.05, 3.63) is 65.9 Å². The maximum Gasteiger partial charge on any atom is 0.252 e. The summed E-state index contributed by atoms with van der Waals surface area (Å²) in [6, 6.07) is 11.3. The van der Waals surface area contributed by atoms with E-state index in [1.165, 1.54) is 11.3 Å². The summed E-state index contributed by atoms with van der Waals surface area (Å²) in [5.74, 6) is 1.50. The second-order valence-electron chi connectivity index (χ2n) is 4.77. The highest BCUT2D eigenvalue weighted by Crippen LogP contribution is 2.23. The Morgan fingerprint density at radius 3 is 3.00 bits per heavy atom. The van der Waals surface area contributed by atoms with Gasteiger partial charge in [0.15, 0.2) is 0 Å². The fourth-order valence-electron chi connectivity index (χ4n) is 2.01. The van der Waals surface area contributed by atoms with E-state index < -0.39 is 0 Å². The second-order valence-corrected chi connectivity index (χ2v) is 6.78. The SMILES string of the molecule is C=CCSc1ccccc1C(=O)NCc1nc(-c2cccs2)no1. The predicted molar refractivity (Wildman–Crippen MR) is 96.1 cm³/mol. The van der Waals surface area contributed by atoms with Crippen LogP contribution in [0.5, 0.6) is 0 Å². The highest BCUT2D eigenvalue weighted by atomic mass is 32.2. The predicted octanol–water partition coefficient (Wildman–Crippen LogP) is 4.01. The molecule has 0 unspecified atom stereocenters. The molecule has 7 heteroatoms. The molecule has 0 atom stereocenters. The number of thioether (sulfide) groups is 1. The molecule has 5 nitrogen and oxygen atoms in total. The number of benzene rings is 1. The van der Waals surface area contributed by atoms with E-state index in [9.17, 15) is 4.79 Å². The number of aromatic nitrogens is 2. The van der Waals surface area contributed by atoms with Crippen LogP contribution in [0.2, 0.25) is 0 Å². The van der Waals surface area contributed by atoms with Gasteiger partial charge >= 0.3 is 0 Å². The molecule has 0 spiro atoms. The molecule has 122 valence electrons. The first-order chi connectivity index (χ1) is 11.8. The van der Waals surface area contributed by atoms with Crippen LogP contribution in [-0.4, -0.2) is 21.8 Å². The van der Waals surface area contributed by atoms with Crippen LogP contribution in [0, 0.1) is 0 Å². The minimum absolute atomic E-state index is 0.168. The number of hydrogen-bond donors (Lipinski definition) is 1. The number of amides is 1. The maximum absolute atomic E-state index is 12.4. The van der Waals surface area contributed by atoms with Crippen LogP contribution in [0.25, 0.3) is 10.7 Å². The van der Waals surface area contributed by atoms with E-state index in [2.05, 4.69) is 22.0 Å². The van der Waals surface area contributed by atoms with Crippen molar-refractivity contribution in [1.29, 1.82) is 0 Å². The standard InChI is InChI=1S/C17H15N3O2S2/c1-2-9-23-13-7-4-3-6-12(13)17(21)18-11-15-19-16(20-22-15)14-8-5-10-24-14/h2-8,10H,1,9,11H2,(H,18,21). The molecule has 1 N–H and O–H groups in total. The van der Waals surface area contributed by atoms with E-state index in [4.69, 9.17) is 4.52 Å². The fraction of sp³-hybridized carbons (Fsp3) is 0.118. The molecular formula is C17H15N3O2S2. The minimum Gasteiger partial charge on any atom is -0.343 e. The van der Waals surface area contributed by atoms with Crippen LogP contribution in [0.3, 0.4) is 0 Å². The molecule has 1 aromatic carbocycles. The molecule has 0 aliphatic carbocycles. The van der Waals surface area contributed by atoms with Crippen LogP contribution in [0.15, 0.2) is 63.9 Å². The van der Waals surface area contributed by atoms with E-state index in [-0.39, 0.29) is 12.5 Å². The molecule has 3 rings (SSSR count). The molecule has 24 heavy (non-hydrogen) atoms. The Hall–Kier alpha value is -2.38. The quantitative estimate of drug-likeness (QED) is 0.511. The lowest BCUT2D eigenvalue weighted by atomic mass is 10.2. The van der Waals surface area contributed by atoms with Crippen molar-refractivity contribution >= 4 is 29.0 Å². The summed E-state index contributed by atoms with van der Waals surface area (Å²) in [5, 5.41) is 8.69. The van der Waals surface area contributed by atoms with Crippen LogP contribution < -0.4 is 5.32 Å². The van der Waals surface area contributed by atoms with Gasteiger partial charge in [-0.15, -0.1) is 29.7 Å². The Labute approximate surface area is 147 Å². The molecule has 2 heterocycles. The Kier molecular flexibility index (Phi) is 5.45.